The SMILES string of the molecule is COc1ncc(-c2ccc3ncc(C(=O)N4CCC(O)CC4)n3c2)cc1NS(=O)(=O)c1ccc(F)cc1F. The minimum atomic E-state index is -4.45. The van der Waals surface area contributed by atoms with Crippen LogP contribution in [-0.2, 0) is 10.0 Å². The number of carbonyl (C=O) groups is 1. The van der Waals surface area contributed by atoms with Crippen LogP contribution < -0.4 is 9.46 Å². The number of anilines is 1. The molecule has 2 N–H and O–H groups in total. The maximum atomic E-state index is 14.2. The van der Waals surface area contributed by atoms with Crippen LogP contribution in [0, 0.1) is 11.6 Å². The molecule has 4 aromatic rings. The Hall–Kier alpha value is -4.10. The van der Waals surface area contributed by atoms with Crippen LogP contribution in [0.15, 0.2) is 59.9 Å². The van der Waals surface area contributed by atoms with Gasteiger partial charge in [0.25, 0.3) is 15.9 Å². The maximum absolute atomic E-state index is 14.2. The fraction of sp³-hybridized carbons (Fsp3) is 0.240. The summed E-state index contributed by atoms with van der Waals surface area (Å²) in [6.07, 6.45) is 5.21. The predicted octanol–water partition coefficient (Wildman–Crippen LogP) is 3.08. The minimum absolute atomic E-state index is 0.0632. The molecule has 5 rings (SSSR count). The molecule has 0 unspecified atom stereocenters. The number of ether oxygens (including phenoxy) is 1. The van der Waals surface area contributed by atoms with Crippen molar-refractivity contribution in [3.05, 3.63) is 72.3 Å². The molecule has 1 aliphatic heterocycles. The molecule has 198 valence electrons. The lowest BCUT2D eigenvalue weighted by Crippen LogP contribution is -2.40. The van der Waals surface area contributed by atoms with Crippen molar-refractivity contribution in [3.8, 4) is 17.0 Å². The molecular formula is C25H23F2N5O5S. The van der Waals surface area contributed by atoms with E-state index in [0.717, 1.165) is 12.1 Å². The first-order valence-corrected chi connectivity index (χ1v) is 13.1. The summed E-state index contributed by atoms with van der Waals surface area (Å²) >= 11 is 0. The average molecular weight is 544 g/mol. The Bertz CT molecular complexity index is 1630. The van der Waals surface area contributed by atoms with Crippen LogP contribution in [0.25, 0.3) is 16.8 Å². The summed E-state index contributed by atoms with van der Waals surface area (Å²) in [6, 6.07) is 7.03. The molecule has 1 fully saturated rings. The normalized spacial score (nSPS) is 14.6. The zero-order valence-electron chi connectivity index (χ0n) is 20.1. The summed E-state index contributed by atoms with van der Waals surface area (Å²) in [7, 11) is -3.15. The Kier molecular flexibility index (Phi) is 6.71. The first-order chi connectivity index (χ1) is 18.2. The number of amides is 1. The third-order valence-electron chi connectivity index (χ3n) is 6.28. The maximum Gasteiger partial charge on any atom is 0.272 e. The van der Waals surface area contributed by atoms with Crippen molar-refractivity contribution >= 4 is 27.3 Å². The van der Waals surface area contributed by atoms with Crippen LogP contribution in [0.5, 0.6) is 5.88 Å². The molecule has 0 radical (unpaired) electrons. The number of carbonyl (C=O) groups excluding carboxylic acids is 1. The van der Waals surface area contributed by atoms with Crippen LogP contribution in [0.2, 0.25) is 0 Å². The molecule has 0 saturated carbocycles. The highest BCUT2D eigenvalue weighted by Gasteiger charge is 2.25. The van der Waals surface area contributed by atoms with Crippen molar-refractivity contribution in [1.82, 2.24) is 19.3 Å². The van der Waals surface area contributed by atoms with Gasteiger partial charge in [0.15, 0.2) is 0 Å². The topological polar surface area (TPSA) is 126 Å². The Morgan fingerprint density at radius 3 is 2.55 bits per heavy atom. The van der Waals surface area contributed by atoms with Gasteiger partial charge in [-0.25, -0.2) is 27.2 Å². The summed E-state index contributed by atoms with van der Waals surface area (Å²) in [5.41, 5.74) is 1.86. The zero-order valence-corrected chi connectivity index (χ0v) is 21.0. The lowest BCUT2D eigenvalue weighted by molar-refractivity contribution is 0.0540. The van der Waals surface area contributed by atoms with Gasteiger partial charge in [0.05, 0.1) is 19.4 Å². The Labute approximate surface area is 216 Å². The van der Waals surface area contributed by atoms with Gasteiger partial charge >= 0.3 is 0 Å². The van der Waals surface area contributed by atoms with Crippen LogP contribution in [0.3, 0.4) is 0 Å². The van der Waals surface area contributed by atoms with Crippen LogP contribution in [0.1, 0.15) is 23.3 Å². The number of fused-ring (bicyclic) bond motifs is 1. The monoisotopic (exact) mass is 543 g/mol. The van der Waals surface area contributed by atoms with Crippen molar-refractivity contribution < 1.29 is 31.8 Å². The number of likely N-dealkylation sites (tertiary alicyclic amines) is 1. The number of hydrogen-bond acceptors (Lipinski definition) is 7. The molecule has 13 heteroatoms. The Morgan fingerprint density at radius 2 is 1.84 bits per heavy atom. The number of aliphatic hydroxyl groups excluding tert-OH is 1. The van der Waals surface area contributed by atoms with Gasteiger partial charge in [0.2, 0.25) is 5.88 Å². The van der Waals surface area contributed by atoms with E-state index in [1.165, 1.54) is 25.6 Å². The van der Waals surface area contributed by atoms with Crippen LogP contribution >= 0.6 is 0 Å². The number of rotatable bonds is 6. The molecular weight excluding hydrogens is 520 g/mol. The van der Waals surface area contributed by atoms with Crippen molar-refractivity contribution in [2.75, 3.05) is 24.9 Å². The number of aliphatic hydroxyl groups is 1. The largest absolute Gasteiger partial charge is 0.480 e. The number of aromatic nitrogens is 3. The number of nitrogens with zero attached hydrogens (tertiary/aromatic N) is 4. The van der Waals surface area contributed by atoms with Gasteiger partial charge in [-0.2, -0.15) is 0 Å². The third-order valence-corrected chi connectivity index (χ3v) is 7.68. The lowest BCUT2D eigenvalue weighted by Gasteiger charge is -2.29. The second-order valence-electron chi connectivity index (χ2n) is 8.77. The molecule has 1 amide bonds. The Balaban J connectivity index is 1.49. The van der Waals surface area contributed by atoms with E-state index in [1.54, 1.807) is 27.6 Å². The van der Waals surface area contributed by atoms with Crippen LogP contribution in [0.4, 0.5) is 14.5 Å². The number of imidazole rings is 1. The minimum Gasteiger partial charge on any atom is -0.480 e. The number of hydrogen-bond donors (Lipinski definition) is 2. The second kappa shape index (κ2) is 9.99. The molecule has 3 aromatic heterocycles. The standard InChI is InChI=1S/C25H23F2N5O5S/c1-37-24-20(30-38(35,36)22-4-3-17(26)11-19(22)27)10-16(12-29-24)15-2-5-23-28-13-21(32(23)14-15)25(34)31-8-6-18(33)7-9-31/h2-5,10-14,18,30,33H,6-9H2,1H3. The fourth-order valence-electron chi connectivity index (χ4n) is 4.28. The van der Waals surface area contributed by atoms with Crippen molar-refractivity contribution in [2.24, 2.45) is 0 Å². The molecule has 0 atom stereocenters. The van der Waals surface area contributed by atoms with E-state index in [4.69, 9.17) is 4.74 Å². The second-order valence-corrected chi connectivity index (χ2v) is 10.4. The van der Waals surface area contributed by atoms with Gasteiger partial charge in [-0.3, -0.25) is 13.9 Å². The molecule has 38 heavy (non-hydrogen) atoms. The third kappa shape index (κ3) is 4.89. The van der Waals surface area contributed by atoms with Gasteiger partial charge < -0.3 is 14.7 Å². The lowest BCUT2D eigenvalue weighted by atomic mass is 10.1. The molecule has 0 spiro atoms. The van der Waals surface area contributed by atoms with E-state index in [-0.39, 0.29) is 17.5 Å². The van der Waals surface area contributed by atoms with Crippen molar-refractivity contribution in [1.29, 1.82) is 0 Å². The summed E-state index contributed by atoms with van der Waals surface area (Å²) in [6.45, 7) is 0.876. The molecule has 1 saturated heterocycles. The van der Waals surface area contributed by atoms with E-state index >= 15 is 0 Å². The number of halogens is 2. The van der Waals surface area contributed by atoms with Crippen LogP contribution in [-0.4, -0.2) is 65.0 Å². The molecule has 1 aromatic carbocycles. The first-order valence-electron chi connectivity index (χ1n) is 11.6. The Morgan fingerprint density at radius 1 is 1.08 bits per heavy atom. The number of methoxy groups -OCH3 is 1. The fourth-order valence-corrected chi connectivity index (χ4v) is 5.39. The summed E-state index contributed by atoms with van der Waals surface area (Å²) in [5.74, 6) is -2.43. The van der Waals surface area contributed by atoms with E-state index < -0.39 is 32.7 Å². The predicted molar refractivity (Wildman–Crippen MR) is 133 cm³/mol. The molecule has 1 aliphatic rings. The van der Waals surface area contributed by atoms with E-state index in [0.29, 0.717) is 54.5 Å². The zero-order chi connectivity index (χ0) is 27.0. The van der Waals surface area contributed by atoms with E-state index in [1.807, 2.05) is 0 Å². The van der Waals surface area contributed by atoms with E-state index in [9.17, 15) is 27.1 Å². The highest BCUT2D eigenvalue weighted by atomic mass is 32.2. The summed E-state index contributed by atoms with van der Waals surface area (Å²) in [4.78, 5) is 22.5. The number of sulfonamides is 1. The van der Waals surface area contributed by atoms with Crippen molar-refractivity contribution in [2.45, 2.75) is 23.8 Å². The number of piperidine rings is 1. The highest BCUT2D eigenvalue weighted by molar-refractivity contribution is 7.92. The summed E-state index contributed by atoms with van der Waals surface area (Å²) < 4.78 is 62.2. The first kappa shape index (κ1) is 25.5. The quantitative estimate of drug-likeness (QED) is 0.383. The molecule has 0 aliphatic carbocycles. The molecule has 10 nitrogen and oxygen atoms in total. The highest BCUT2D eigenvalue weighted by Crippen LogP contribution is 2.31. The number of benzene rings is 1. The number of pyridine rings is 2. The van der Waals surface area contributed by atoms with E-state index in [2.05, 4.69) is 14.7 Å². The smallest absolute Gasteiger partial charge is 0.272 e. The number of nitrogens with one attached hydrogen (secondary N) is 1. The summed E-state index contributed by atoms with van der Waals surface area (Å²) in [5, 5.41) is 9.75. The molecule has 4 heterocycles. The van der Waals surface area contributed by atoms with Gasteiger partial charge in [-0.15, -0.1) is 0 Å². The average Bonchev–Trinajstić information content (AvgIpc) is 3.31. The van der Waals surface area contributed by atoms with Crippen molar-refractivity contribution in [3.63, 3.8) is 0 Å². The van der Waals surface area contributed by atoms with Gasteiger partial charge in [0.1, 0.15) is 33.6 Å². The molecule has 0 bridgehead atoms. The van der Waals surface area contributed by atoms with Gasteiger partial charge in [-0.1, -0.05) is 0 Å². The van der Waals surface area contributed by atoms with Gasteiger partial charge in [0, 0.05) is 42.7 Å². The van der Waals surface area contributed by atoms with Gasteiger partial charge in [-0.05, 0) is 43.2 Å².